The Morgan fingerprint density at radius 1 is 1.21 bits per heavy atom. The van der Waals surface area contributed by atoms with Crippen LogP contribution in [-0.4, -0.2) is 36.3 Å². The lowest BCUT2D eigenvalue weighted by atomic mass is 10.1. The van der Waals surface area contributed by atoms with Gasteiger partial charge in [0.2, 0.25) is 0 Å². The van der Waals surface area contributed by atoms with E-state index in [1.165, 1.54) is 31.4 Å². The van der Waals surface area contributed by atoms with Gasteiger partial charge >= 0.3 is 6.18 Å². The highest BCUT2D eigenvalue weighted by Crippen LogP contribution is 2.29. The van der Waals surface area contributed by atoms with Gasteiger partial charge in [0.15, 0.2) is 5.17 Å². The van der Waals surface area contributed by atoms with Crippen LogP contribution in [0.3, 0.4) is 0 Å². The van der Waals surface area contributed by atoms with Crippen LogP contribution >= 0.6 is 24.0 Å². The average Bonchev–Trinajstić information content (AvgIpc) is 2.54. The molecule has 8 heteroatoms. The third-order valence-corrected chi connectivity index (χ3v) is 4.02. The van der Waals surface area contributed by atoms with E-state index in [2.05, 4.69) is 10.1 Å². The van der Waals surface area contributed by atoms with Crippen molar-refractivity contribution in [3.8, 4) is 0 Å². The molecule has 0 bridgehead atoms. The highest BCUT2D eigenvalue weighted by atomic mass is 35.5. The number of oxime groups is 1. The fourth-order valence-electron chi connectivity index (χ4n) is 2.51. The molecule has 1 fully saturated rings. The Hall–Kier alpha value is -0.980. The molecule has 136 valence electrons. The van der Waals surface area contributed by atoms with Crippen molar-refractivity contribution in [1.82, 2.24) is 4.90 Å². The monoisotopic (exact) mass is 384 g/mol. The summed E-state index contributed by atoms with van der Waals surface area (Å²) in [5.41, 5.74) is -0.564. The smallest absolute Gasteiger partial charge is 0.395 e. The fraction of sp³-hybridized carbons (Fsp3) is 0.562. The summed E-state index contributed by atoms with van der Waals surface area (Å²) in [5, 5.41) is 3.62. The van der Waals surface area contributed by atoms with E-state index in [-0.39, 0.29) is 23.1 Å². The molecular formula is C16H21Cl2F3N2O. The Kier molecular flexibility index (Phi) is 8.87. The second kappa shape index (κ2) is 10.1. The van der Waals surface area contributed by atoms with Gasteiger partial charge in [0.1, 0.15) is 6.61 Å². The van der Waals surface area contributed by atoms with Crippen LogP contribution in [0.2, 0.25) is 0 Å². The topological polar surface area (TPSA) is 24.8 Å². The molecule has 0 radical (unpaired) electrons. The number of benzene rings is 1. The molecule has 0 atom stereocenters. The number of nitrogens with zero attached hydrogens (tertiary/aromatic N) is 2. The van der Waals surface area contributed by atoms with Gasteiger partial charge < -0.3 is 9.74 Å². The molecule has 24 heavy (non-hydrogen) atoms. The number of halogens is 5. The quantitative estimate of drug-likeness (QED) is 0.395. The maximum Gasteiger partial charge on any atom is 0.416 e. The Balaban J connectivity index is 0.00000288. The van der Waals surface area contributed by atoms with Crippen LogP contribution in [0.1, 0.15) is 36.8 Å². The van der Waals surface area contributed by atoms with E-state index in [0.717, 1.165) is 38.2 Å². The second-order valence-corrected chi connectivity index (χ2v) is 5.91. The van der Waals surface area contributed by atoms with E-state index in [4.69, 9.17) is 16.4 Å². The van der Waals surface area contributed by atoms with Gasteiger partial charge in [0.25, 0.3) is 0 Å². The minimum Gasteiger partial charge on any atom is -0.395 e. The molecule has 0 unspecified atom stereocenters. The van der Waals surface area contributed by atoms with Crippen LogP contribution in [0.25, 0.3) is 0 Å². The van der Waals surface area contributed by atoms with Crippen LogP contribution in [-0.2, 0) is 11.0 Å². The van der Waals surface area contributed by atoms with E-state index in [1.54, 1.807) is 0 Å². The molecule has 3 nitrogen and oxygen atoms in total. The summed E-state index contributed by atoms with van der Waals surface area (Å²) in [7, 11) is 0. The van der Waals surface area contributed by atoms with Crippen LogP contribution in [0, 0.1) is 0 Å². The molecule has 1 aromatic carbocycles. The fourth-order valence-corrected chi connectivity index (χ4v) is 2.68. The second-order valence-electron chi connectivity index (χ2n) is 5.55. The molecule has 1 saturated heterocycles. The van der Waals surface area contributed by atoms with E-state index in [0.29, 0.717) is 6.61 Å². The van der Waals surface area contributed by atoms with Crippen LogP contribution in [0.15, 0.2) is 29.4 Å². The SMILES string of the molecule is Cl.FC(F)(F)c1cccc(C(Cl)=NOCCCN2CCCCC2)c1. The summed E-state index contributed by atoms with van der Waals surface area (Å²) in [6, 6.07) is 4.72. The summed E-state index contributed by atoms with van der Waals surface area (Å²) >= 11 is 5.90. The normalized spacial score (nSPS) is 16.6. The minimum absolute atomic E-state index is 0. The standard InChI is InChI=1S/C16H20ClF3N2O.ClH/c17-15(13-6-4-7-14(12-13)16(18,19)20)21-23-11-5-10-22-8-2-1-3-9-22;/h4,6-7,12H,1-3,5,8-11H2;1H. The Morgan fingerprint density at radius 2 is 1.92 bits per heavy atom. The van der Waals surface area contributed by atoms with Crippen molar-refractivity contribution in [2.75, 3.05) is 26.2 Å². The zero-order valence-corrected chi connectivity index (χ0v) is 14.8. The number of hydrogen-bond acceptors (Lipinski definition) is 3. The third kappa shape index (κ3) is 6.87. The Labute approximate surface area is 151 Å². The summed E-state index contributed by atoms with van der Waals surface area (Å²) in [5.74, 6) is 0. The van der Waals surface area contributed by atoms with E-state index in [9.17, 15) is 13.2 Å². The molecule has 1 aliphatic rings. The molecule has 0 saturated carbocycles. The van der Waals surface area contributed by atoms with Gasteiger partial charge in [-0.3, -0.25) is 0 Å². The minimum atomic E-state index is -4.40. The zero-order chi connectivity index (χ0) is 16.7. The summed E-state index contributed by atoms with van der Waals surface area (Å²) in [6.07, 6.45) is 0.184. The van der Waals surface area contributed by atoms with Crippen molar-refractivity contribution in [3.05, 3.63) is 35.4 Å². The molecule has 0 amide bonds. The van der Waals surface area contributed by atoms with Crippen molar-refractivity contribution in [3.63, 3.8) is 0 Å². The predicted molar refractivity (Wildman–Crippen MR) is 91.9 cm³/mol. The van der Waals surface area contributed by atoms with Gasteiger partial charge in [0, 0.05) is 12.1 Å². The Morgan fingerprint density at radius 3 is 2.58 bits per heavy atom. The van der Waals surface area contributed by atoms with Crippen molar-refractivity contribution in [2.24, 2.45) is 5.16 Å². The number of piperidine rings is 1. The molecule has 1 aliphatic heterocycles. The van der Waals surface area contributed by atoms with Crippen LogP contribution < -0.4 is 0 Å². The number of likely N-dealkylation sites (tertiary alicyclic amines) is 1. The van der Waals surface area contributed by atoms with E-state index < -0.39 is 11.7 Å². The van der Waals surface area contributed by atoms with Gasteiger partial charge in [0.05, 0.1) is 5.56 Å². The van der Waals surface area contributed by atoms with Crippen molar-refractivity contribution >= 4 is 29.2 Å². The highest BCUT2D eigenvalue weighted by Gasteiger charge is 2.30. The largest absolute Gasteiger partial charge is 0.416 e. The molecule has 0 spiro atoms. The van der Waals surface area contributed by atoms with E-state index in [1.807, 2.05) is 0 Å². The maximum absolute atomic E-state index is 12.6. The Bertz CT molecular complexity index is 532. The van der Waals surface area contributed by atoms with Gasteiger partial charge in [-0.2, -0.15) is 13.2 Å². The van der Waals surface area contributed by atoms with Crippen molar-refractivity contribution in [1.29, 1.82) is 0 Å². The summed E-state index contributed by atoms with van der Waals surface area (Å²) < 4.78 is 37.9. The molecule has 0 aromatic heterocycles. The molecule has 1 aromatic rings. The van der Waals surface area contributed by atoms with Gasteiger partial charge in [-0.05, 0) is 44.5 Å². The lowest BCUT2D eigenvalue weighted by Crippen LogP contribution is -2.31. The molecule has 0 N–H and O–H groups in total. The average molecular weight is 385 g/mol. The predicted octanol–water partition coefficient (Wildman–Crippen LogP) is 4.92. The maximum atomic E-state index is 12.6. The van der Waals surface area contributed by atoms with Gasteiger partial charge in [-0.25, -0.2) is 0 Å². The van der Waals surface area contributed by atoms with Crippen molar-refractivity contribution < 1.29 is 18.0 Å². The van der Waals surface area contributed by atoms with Crippen LogP contribution in [0.5, 0.6) is 0 Å². The number of rotatable bonds is 6. The van der Waals surface area contributed by atoms with Gasteiger partial charge in [-0.15, -0.1) is 12.4 Å². The molecular weight excluding hydrogens is 364 g/mol. The highest BCUT2D eigenvalue weighted by molar-refractivity contribution is 6.69. The first-order valence-electron chi connectivity index (χ1n) is 7.72. The summed E-state index contributed by atoms with van der Waals surface area (Å²) in [4.78, 5) is 7.49. The van der Waals surface area contributed by atoms with Gasteiger partial charge in [-0.1, -0.05) is 35.3 Å². The molecule has 0 aliphatic carbocycles. The zero-order valence-electron chi connectivity index (χ0n) is 13.2. The first kappa shape index (κ1) is 21.1. The van der Waals surface area contributed by atoms with E-state index >= 15 is 0 Å². The lowest BCUT2D eigenvalue weighted by molar-refractivity contribution is -0.137. The summed E-state index contributed by atoms with van der Waals surface area (Å²) in [6.45, 7) is 3.57. The number of hydrogen-bond donors (Lipinski definition) is 0. The first-order chi connectivity index (χ1) is 11.0. The lowest BCUT2D eigenvalue weighted by Gasteiger charge is -2.25. The third-order valence-electron chi connectivity index (χ3n) is 3.73. The first-order valence-corrected chi connectivity index (χ1v) is 8.10. The van der Waals surface area contributed by atoms with Crippen LogP contribution in [0.4, 0.5) is 13.2 Å². The molecule has 2 rings (SSSR count). The molecule has 1 heterocycles. The number of alkyl halides is 3. The van der Waals surface area contributed by atoms with Crippen molar-refractivity contribution in [2.45, 2.75) is 31.9 Å².